The number of aryl methyl sites for hydroxylation is 1. The van der Waals surface area contributed by atoms with E-state index in [9.17, 15) is 9.59 Å². The van der Waals surface area contributed by atoms with Crippen LogP contribution in [0.15, 0.2) is 72.8 Å². The molecule has 3 aromatic rings. The summed E-state index contributed by atoms with van der Waals surface area (Å²) in [7, 11) is 0. The summed E-state index contributed by atoms with van der Waals surface area (Å²) in [5.74, 6) is 0.480. The van der Waals surface area contributed by atoms with Gasteiger partial charge in [-0.1, -0.05) is 54.1 Å². The van der Waals surface area contributed by atoms with Gasteiger partial charge in [-0.25, -0.2) is 0 Å². The molecular formula is C28H30N2O3. The first-order valence-corrected chi connectivity index (χ1v) is 11.4. The maximum Gasteiger partial charge on any atom is 0.258 e. The third-order valence-corrected chi connectivity index (χ3v) is 5.80. The number of nitrogens with one attached hydrogen (secondary N) is 1. The molecule has 1 N–H and O–H groups in total. The summed E-state index contributed by atoms with van der Waals surface area (Å²) in [6.45, 7) is 6.49. The fourth-order valence-corrected chi connectivity index (χ4v) is 4.36. The van der Waals surface area contributed by atoms with Crippen molar-refractivity contribution < 1.29 is 14.3 Å². The molecule has 0 saturated heterocycles. The first-order valence-electron chi connectivity index (χ1n) is 11.4. The van der Waals surface area contributed by atoms with Gasteiger partial charge in [-0.2, -0.15) is 0 Å². The molecule has 0 bridgehead atoms. The highest BCUT2D eigenvalue weighted by atomic mass is 16.5. The van der Waals surface area contributed by atoms with Gasteiger partial charge in [0.2, 0.25) is 0 Å². The number of hydrogen-bond acceptors (Lipinski definition) is 3. The summed E-state index contributed by atoms with van der Waals surface area (Å²) in [4.78, 5) is 27.5. The lowest BCUT2D eigenvalue weighted by atomic mass is 9.87. The zero-order chi connectivity index (χ0) is 23.4. The second-order valence-corrected chi connectivity index (χ2v) is 8.80. The van der Waals surface area contributed by atoms with E-state index in [1.807, 2.05) is 67.3 Å². The molecule has 1 aliphatic heterocycles. The van der Waals surface area contributed by atoms with Gasteiger partial charge in [0.05, 0.1) is 6.04 Å². The monoisotopic (exact) mass is 442 g/mol. The van der Waals surface area contributed by atoms with Gasteiger partial charge < -0.3 is 15.0 Å². The lowest BCUT2D eigenvalue weighted by Gasteiger charge is -2.38. The van der Waals surface area contributed by atoms with Gasteiger partial charge >= 0.3 is 0 Å². The average Bonchev–Trinajstić information content (AvgIpc) is 2.81. The fraction of sp³-hybridized carbons (Fsp3) is 0.286. The molecule has 2 amide bonds. The van der Waals surface area contributed by atoms with Gasteiger partial charge in [0.25, 0.3) is 11.8 Å². The molecule has 0 saturated carbocycles. The van der Waals surface area contributed by atoms with E-state index in [0.717, 1.165) is 23.1 Å². The Labute approximate surface area is 195 Å². The van der Waals surface area contributed by atoms with Crippen molar-refractivity contribution in [2.45, 2.75) is 39.3 Å². The molecule has 0 radical (unpaired) electrons. The van der Waals surface area contributed by atoms with Crippen LogP contribution in [0.5, 0.6) is 5.75 Å². The van der Waals surface area contributed by atoms with Crippen molar-refractivity contribution in [3.05, 3.63) is 101 Å². The molecule has 4 rings (SSSR count). The molecule has 5 heteroatoms. The van der Waals surface area contributed by atoms with Gasteiger partial charge in [0, 0.05) is 18.2 Å². The van der Waals surface area contributed by atoms with Crippen LogP contribution >= 0.6 is 0 Å². The van der Waals surface area contributed by atoms with Crippen LogP contribution in [0.2, 0.25) is 0 Å². The van der Waals surface area contributed by atoms with Crippen LogP contribution in [0.25, 0.3) is 0 Å². The summed E-state index contributed by atoms with van der Waals surface area (Å²) in [5, 5.41) is 2.84. The minimum absolute atomic E-state index is 0.00962. The van der Waals surface area contributed by atoms with E-state index in [-0.39, 0.29) is 30.5 Å². The molecule has 0 aliphatic carbocycles. The first kappa shape index (κ1) is 22.6. The lowest BCUT2D eigenvalue weighted by Crippen LogP contribution is -2.40. The Morgan fingerprint density at radius 3 is 2.55 bits per heavy atom. The van der Waals surface area contributed by atoms with Crippen LogP contribution in [0.3, 0.4) is 0 Å². The van der Waals surface area contributed by atoms with E-state index in [1.165, 1.54) is 5.56 Å². The Morgan fingerprint density at radius 2 is 1.82 bits per heavy atom. The standard InChI is InChI=1S/C28H30N2O3/c1-19(2)29-26(31)18-33-24-13-12-21-14-15-30(28(32)22-9-5-4-6-10-22)27(25(21)17-24)23-11-7-8-20(3)16-23/h4-13,16-17,19,27H,14-15,18H2,1-3H3,(H,29,31)/t27-/m1/s1. The van der Waals surface area contributed by atoms with Crippen LogP contribution in [0.4, 0.5) is 0 Å². The molecule has 1 aliphatic rings. The minimum atomic E-state index is -0.227. The number of rotatable bonds is 6. The zero-order valence-corrected chi connectivity index (χ0v) is 19.4. The molecule has 1 atom stereocenters. The Hall–Kier alpha value is -3.60. The molecule has 0 spiro atoms. The summed E-state index contributed by atoms with van der Waals surface area (Å²) in [5.41, 5.74) is 5.12. The third-order valence-electron chi connectivity index (χ3n) is 5.80. The molecule has 170 valence electrons. The maximum atomic E-state index is 13.5. The van der Waals surface area contributed by atoms with Crippen molar-refractivity contribution in [3.63, 3.8) is 0 Å². The quantitative estimate of drug-likeness (QED) is 0.603. The lowest BCUT2D eigenvalue weighted by molar-refractivity contribution is -0.123. The van der Waals surface area contributed by atoms with E-state index < -0.39 is 0 Å². The van der Waals surface area contributed by atoms with E-state index in [0.29, 0.717) is 17.9 Å². The number of carbonyl (C=O) groups excluding carboxylic acids is 2. The van der Waals surface area contributed by atoms with Crippen molar-refractivity contribution >= 4 is 11.8 Å². The molecule has 3 aromatic carbocycles. The predicted molar refractivity (Wildman–Crippen MR) is 129 cm³/mol. The van der Waals surface area contributed by atoms with Crippen molar-refractivity contribution in [2.24, 2.45) is 0 Å². The van der Waals surface area contributed by atoms with Crippen molar-refractivity contribution in [3.8, 4) is 5.75 Å². The largest absolute Gasteiger partial charge is 0.484 e. The normalized spacial score (nSPS) is 15.2. The van der Waals surface area contributed by atoms with E-state index in [1.54, 1.807) is 0 Å². The molecule has 33 heavy (non-hydrogen) atoms. The molecule has 0 fully saturated rings. The van der Waals surface area contributed by atoms with Crippen molar-refractivity contribution in [2.75, 3.05) is 13.2 Å². The van der Waals surface area contributed by atoms with Crippen LogP contribution in [0.1, 0.15) is 52.5 Å². The number of amides is 2. The number of ether oxygens (including phenoxy) is 1. The SMILES string of the molecule is Cc1cccc([C@@H]2c3cc(OCC(=O)NC(C)C)ccc3CCN2C(=O)c2ccccc2)c1. The van der Waals surface area contributed by atoms with Crippen molar-refractivity contribution in [1.82, 2.24) is 10.2 Å². The summed E-state index contributed by atoms with van der Waals surface area (Å²) < 4.78 is 5.81. The average molecular weight is 443 g/mol. The minimum Gasteiger partial charge on any atom is -0.484 e. The third kappa shape index (κ3) is 5.25. The van der Waals surface area contributed by atoms with Gasteiger partial charge in [-0.05, 0) is 68.1 Å². The van der Waals surface area contributed by atoms with Gasteiger partial charge in [-0.15, -0.1) is 0 Å². The first-order chi connectivity index (χ1) is 15.9. The Bertz CT molecular complexity index is 1140. The Kier molecular flexibility index (Phi) is 6.78. The number of carbonyl (C=O) groups is 2. The smallest absolute Gasteiger partial charge is 0.258 e. The highest BCUT2D eigenvalue weighted by Gasteiger charge is 2.33. The second-order valence-electron chi connectivity index (χ2n) is 8.80. The molecule has 5 nitrogen and oxygen atoms in total. The van der Waals surface area contributed by atoms with Crippen LogP contribution in [-0.4, -0.2) is 35.9 Å². The highest BCUT2D eigenvalue weighted by Crippen LogP contribution is 2.38. The molecule has 0 aromatic heterocycles. The fourth-order valence-electron chi connectivity index (χ4n) is 4.36. The highest BCUT2D eigenvalue weighted by molar-refractivity contribution is 5.95. The molecule has 0 unspecified atom stereocenters. The Morgan fingerprint density at radius 1 is 1.03 bits per heavy atom. The number of hydrogen-bond donors (Lipinski definition) is 1. The Balaban J connectivity index is 1.69. The number of benzene rings is 3. The number of fused-ring (bicyclic) bond motifs is 1. The molecular weight excluding hydrogens is 412 g/mol. The van der Waals surface area contributed by atoms with Gasteiger partial charge in [0.15, 0.2) is 6.61 Å². The molecule has 1 heterocycles. The maximum absolute atomic E-state index is 13.5. The van der Waals surface area contributed by atoms with Gasteiger partial charge in [-0.3, -0.25) is 9.59 Å². The predicted octanol–water partition coefficient (Wildman–Crippen LogP) is 4.69. The van der Waals surface area contributed by atoms with Crippen LogP contribution in [0, 0.1) is 6.92 Å². The summed E-state index contributed by atoms with van der Waals surface area (Å²) in [6, 6.07) is 23.5. The van der Waals surface area contributed by atoms with E-state index in [2.05, 4.69) is 36.5 Å². The van der Waals surface area contributed by atoms with Gasteiger partial charge in [0.1, 0.15) is 5.75 Å². The van der Waals surface area contributed by atoms with E-state index in [4.69, 9.17) is 4.74 Å². The van der Waals surface area contributed by atoms with Crippen LogP contribution < -0.4 is 10.1 Å². The summed E-state index contributed by atoms with van der Waals surface area (Å²) in [6.07, 6.45) is 0.768. The van der Waals surface area contributed by atoms with Crippen LogP contribution in [-0.2, 0) is 11.2 Å². The summed E-state index contributed by atoms with van der Waals surface area (Å²) >= 11 is 0. The topological polar surface area (TPSA) is 58.6 Å². The van der Waals surface area contributed by atoms with E-state index >= 15 is 0 Å². The second kappa shape index (κ2) is 9.90. The number of nitrogens with zero attached hydrogens (tertiary/aromatic N) is 1. The van der Waals surface area contributed by atoms with Crippen molar-refractivity contribution in [1.29, 1.82) is 0 Å². The zero-order valence-electron chi connectivity index (χ0n) is 19.4.